The van der Waals surface area contributed by atoms with Crippen LogP contribution in [0.2, 0.25) is 5.02 Å². The van der Waals surface area contributed by atoms with E-state index in [0.717, 1.165) is 39.8 Å². The topological polar surface area (TPSA) is 70.2 Å². The number of hydroxylamine groups is 1. The van der Waals surface area contributed by atoms with Crippen molar-refractivity contribution in [2.75, 3.05) is 22.3 Å². The highest BCUT2D eigenvalue weighted by Crippen LogP contribution is 2.42. The molecule has 2 bridgehead atoms. The molecule has 5 rings (SSSR count). The Morgan fingerprint density at radius 3 is 2.96 bits per heavy atom. The fourth-order valence-electron chi connectivity index (χ4n) is 3.34. The fraction of sp³-hybridized carbons (Fsp3) is 0.211. The summed E-state index contributed by atoms with van der Waals surface area (Å²) in [6, 6.07) is 11.7. The standard InChI is InChI=1S/C19H18ClN5O2/c1-11-3-4-13(7-15(11)20)23-19-22-9-12(2)18(24-27-19)25(19)14-5-6-17-16(8-14)21-10-26-17/h3-9,21,23-24H,10H2,1-2H3. The Hall–Kier alpha value is -2.90. The highest BCUT2D eigenvalue weighted by Gasteiger charge is 2.49. The molecule has 1 unspecified atom stereocenters. The molecule has 3 aliphatic heterocycles. The predicted octanol–water partition coefficient (Wildman–Crippen LogP) is 3.79. The van der Waals surface area contributed by atoms with Gasteiger partial charge in [-0.15, -0.1) is 0 Å². The van der Waals surface area contributed by atoms with Crippen molar-refractivity contribution in [1.82, 2.24) is 5.48 Å². The van der Waals surface area contributed by atoms with Crippen molar-refractivity contribution in [3.05, 3.63) is 58.4 Å². The van der Waals surface area contributed by atoms with Crippen molar-refractivity contribution in [3.63, 3.8) is 0 Å². The number of hydrogen-bond acceptors (Lipinski definition) is 7. The number of aryl methyl sites for hydroxylation is 1. The lowest BCUT2D eigenvalue weighted by molar-refractivity contribution is -0.0214. The van der Waals surface area contributed by atoms with Gasteiger partial charge in [0, 0.05) is 22.5 Å². The zero-order chi connectivity index (χ0) is 18.6. The van der Waals surface area contributed by atoms with Crippen LogP contribution in [0.15, 0.2) is 52.8 Å². The fourth-order valence-corrected chi connectivity index (χ4v) is 3.52. The van der Waals surface area contributed by atoms with E-state index in [2.05, 4.69) is 21.1 Å². The van der Waals surface area contributed by atoms with Crippen LogP contribution in [0.25, 0.3) is 0 Å². The number of benzene rings is 2. The zero-order valence-corrected chi connectivity index (χ0v) is 15.6. The van der Waals surface area contributed by atoms with Gasteiger partial charge in [0.25, 0.3) is 0 Å². The summed E-state index contributed by atoms with van der Waals surface area (Å²) in [5.74, 6) is 0.509. The number of nitrogens with zero attached hydrogens (tertiary/aromatic N) is 2. The zero-order valence-electron chi connectivity index (χ0n) is 14.8. The smallest absolute Gasteiger partial charge is 0.351 e. The van der Waals surface area contributed by atoms with E-state index < -0.39 is 5.97 Å². The molecular weight excluding hydrogens is 366 g/mol. The molecule has 1 fully saturated rings. The van der Waals surface area contributed by atoms with Crippen molar-refractivity contribution in [2.45, 2.75) is 19.8 Å². The molecule has 0 amide bonds. The molecule has 0 radical (unpaired) electrons. The first-order chi connectivity index (χ1) is 13.1. The van der Waals surface area contributed by atoms with Gasteiger partial charge in [-0.1, -0.05) is 17.7 Å². The third kappa shape index (κ3) is 2.50. The van der Waals surface area contributed by atoms with Crippen molar-refractivity contribution >= 4 is 34.9 Å². The van der Waals surface area contributed by atoms with Crippen LogP contribution in [-0.2, 0) is 4.84 Å². The minimum Gasteiger partial charge on any atom is -0.471 e. The quantitative estimate of drug-likeness (QED) is 0.749. The second kappa shape index (κ2) is 5.80. The van der Waals surface area contributed by atoms with Crippen LogP contribution in [0.1, 0.15) is 12.5 Å². The maximum atomic E-state index is 6.29. The summed E-state index contributed by atoms with van der Waals surface area (Å²) in [4.78, 5) is 12.5. The Morgan fingerprint density at radius 1 is 1.22 bits per heavy atom. The first-order valence-electron chi connectivity index (χ1n) is 8.61. The van der Waals surface area contributed by atoms with E-state index in [9.17, 15) is 0 Å². The van der Waals surface area contributed by atoms with E-state index in [1.54, 1.807) is 6.21 Å². The molecule has 2 aromatic carbocycles. The number of anilines is 3. The first kappa shape index (κ1) is 16.3. The highest BCUT2D eigenvalue weighted by atomic mass is 35.5. The van der Waals surface area contributed by atoms with E-state index in [1.807, 2.05) is 55.1 Å². The lowest BCUT2D eigenvalue weighted by Gasteiger charge is -2.36. The third-order valence-electron chi connectivity index (χ3n) is 4.81. The SMILES string of the molecule is CC1=C2NOC(Nc3ccc(C)c(Cl)c3)(N=C1)N2c1ccc2c(c1)NCO2. The molecule has 2 aromatic rings. The highest BCUT2D eigenvalue weighted by molar-refractivity contribution is 6.31. The number of aliphatic imine (C=N–C) groups is 1. The average Bonchev–Trinajstić information content (AvgIpc) is 3.23. The molecule has 138 valence electrons. The molecule has 27 heavy (non-hydrogen) atoms. The lowest BCUT2D eigenvalue weighted by atomic mass is 10.2. The molecule has 3 N–H and O–H groups in total. The summed E-state index contributed by atoms with van der Waals surface area (Å²) in [7, 11) is 0. The molecule has 1 atom stereocenters. The van der Waals surface area contributed by atoms with Gasteiger partial charge >= 0.3 is 5.97 Å². The van der Waals surface area contributed by atoms with E-state index in [1.165, 1.54) is 0 Å². The van der Waals surface area contributed by atoms with Gasteiger partial charge in [0.1, 0.15) is 11.6 Å². The Bertz CT molecular complexity index is 1010. The molecule has 7 nitrogen and oxygen atoms in total. The normalized spacial score (nSPS) is 22.3. The van der Waals surface area contributed by atoms with Crippen LogP contribution in [0.4, 0.5) is 17.1 Å². The summed E-state index contributed by atoms with van der Waals surface area (Å²) in [6.45, 7) is 4.42. The first-order valence-corrected chi connectivity index (χ1v) is 8.99. The van der Waals surface area contributed by atoms with Crippen LogP contribution >= 0.6 is 11.6 Å². The predicted molar refractivity (Wildman–Crippen MR) is 106 cm³/mol. The van der Waals surface area contributed by atoms with E-state index >= 15 is 0 Å². The second-order valence-corrected chi connectivity index (χ2v) is 7.08. The maximum Gasteiger partial charge on any atom is 0.351 e. The summed E-state index contributed by atoms with van der Waals surface area (Å²) < 4.78 is 5.53. The van der Waals surface area contributed by atoms with Gasteiger partial charge in [-0.05, 0) is 49.7 Å². The number of allylic oxidation sites excluding steroid dienone is 1. The Kier molecular flexibility index (Phi) is 3.50. The molecular formula is C19H18ClN5O2. The van der Waals surface area contributed by atoms with Crippen LogP contribution in [0.5, 0.6) is 5.75 Å². The van der Waals surface area contributed by atoms with Gasteiger partial charge in [-0.3, -0.25) is 4.90 Å². The Labute approximate surface area is 161 Å². The number of hydrogen-bond donors (Lipinski definition) is 3. The molecule has 8 heteroatoms. The van der Waals surface area contributed by atoms with Crippen LogP contribution in [-0.4, -0.2) is 18.9 Å². The van der Waals surface area contributed by atoms with Gasteiger partial charge < -0.3 is 15.4 Å². The number of nitrogens with one attached hydrogen (secondary N) is 3. The van der Waals surface area contributed by atoms with Crippen molar-refractivity contribution in [2.24, 2.45) is 4.99 Å². The van der Waals surface area contributed by atoms with Gasteiger partial charge in [0.2, 0.25) is 0 Å². The van der Waals surface area contributed by atoms with Crippen LogP contribution in [0, 0.1) is 6.92 Å². The van der Waals surface area contributed by atoms with Gasteiger partial charge in [-0.2, -0.15) is 0 Å². The van der Waals surface area contributed by atoms with Crippen LogP contribution in [0.3, 0.4) is 0 Å². The number of rotatable bonds is 3. The van der Waals surface area contributed by atoms with Gasteiger partial charge in [0.05, 0.1) is 11.4 Å². The van der Waals surface area contributed by atoms with E-state index in [0.29, 0.717) is 11.8 Å². The molecule has 0 aliphatic carbocycles. The van der Waals surface area contributed by atoms with Gasteiger partial charge in [-0.25, -0.2) is 15.3 Å². The number of halogens is 1. The van der Waals surface area contributed by atoms with Gasteiger partial charge in [0.15, 0.2) is 6.73 Å². The largest absolute Gasteiger partial charge is 0.471 e. The molecule has 0 spiro atoms. The maximum absolute atomic E-state index is 6.29. The van der Waals surface area contributed by atoms with Crippen molar-refractivity contribution in [1.29, 1.82) is 0 Å². The van der Waals surface area contributed by atoms with E-state index in [-0.39, 0.29) is 0 Å². The second-order valence-electron chi connectivity index (χ2n) is 6.67. The Morgan fingerprint density at radius 2 is 2.11 bits per heavy atom. The summed E-state index contributed by atoms with van der Waals surface area (Å²) in [6.07, 6.45) is 1.79. The van der Waals surface area contributed by atoms with Crippen molar-refractivity contribution < 1.29 is 9.57 Å². The minimum atomic E-state index is -1.15. The molecule has 3 heterocycles. The molecule has 3 aliphatic rings. The van der Waals surface area contributed by atoms with Crippen LogP contribution < -0.4 is 25.8 Å². The number of fused-ring (bicyclic) bond motifs is 3. The summed E-state index contributed by atoms with van der Waals surface area (Å²) >= 11 is 6.29. The lowest BCUT2D eigenvalue weighted by Crippen LogP contribution is -2.51. The van der Waals surface area contributed by atoms with E-state index in [4.69, 9.17) is 21.2 Å². The monoisotopic (exact) mass is 383 g/mol. The molecule has 0 saturated carbocycles. The third-order valence-corrected chi connectivity index (χ3v) is 5.22. The van der Waals surface area contributed by atoms with Crippen molar-refractivity contribution in [3.8, 4) is 5.75 Å². The molecule has 1 saturated heterocycles. The average molecular weight is 384 g/mol. The number of ether oxygens (including phenoxy) is 1. The minimum absolute atomic E-state index is 0.471. The molecule has 0 aromatic heterocycles. The summed E-state index contributed by atoms with van der Waals surface area (Å²) in [5, 5.41) is 7.26. The Balaban J connectivity index is 1.57. The summed E-state index contributed by atoms with van der Waals surface area (Å²) in [5.41, 5.74) is 7.64.